The van der Waals surface area contributed by atoms with Crippen molar-refractivity contribution in [3.8, 4) is 0 Å². The maximum absolute atomic E-state index is 10.6. The van der Waals surface area contributed by atoms with E-state index < -0.39 is 0 Å². The molecule has 0 aromatic rings. The van der Waals surface area contributed by atoms with Gasteiger partial charge in [0, 0.05) is 11.8 Å². The lowest BCUT2D eigenvalue weighted by Crippen LogP contribution is -1.86. The SMILES string of the molecule is O=C(Cl)CCCCCCCCCCCCCCCCCCCCCCBr. The Bertz CT molecular complexity index is 283. The lowest BCUT2D eigenvalue weighted by atomic mass is 10.0. The summed E-state index contributed by atoms with van der Waals surface area (Å²) in [4.78, 5) is 10.6. The molecule has 0 fully saturated rings. The summed E-state index contributed by atoms with van der Waals surface area (Å²) >= 11 is 8.82. The van der Waals surface area contributed by atoms with Gasteiger partial charge in [-0.2, -0.15) is 0 Å². The van der Waals surface area contributed by atoms with Gasteiger partial charge in [-0.3, -0.25) is 4.79 Å². The Morgan fingerprint density at radius 1 is 0.462 bits per heavy atom. The summed E-state index contributed by atoms with van der Waals surface area (Å²) in [5, 5.41) is 0.994. The normalized spacial score (nSPS) is 11.2. The second-order valence-corrected chi connectivity index (χ2v) is 9.08. The van der Waals surface area contributed by atoms with Crippen molar-refractivity contribution in [3.05, 3.63) is 0 Å². The van der Waals surface area contributed by atoms with Gasteiger partial charge in [-0.05, 0) is 24.4 Å². The maximum atomic E-state index is 10.6. The van der Waals surface area contributed by atoms with Gasteiger partial charge in [0.15, 0.2) is 0 Å². The number of hydrogen-bond donors (Lipinski definition) is 0. The molecule has 0 aromatic heterocycles. The number of carbonyl (C=O) groups is 1. The fourth-order valence-electron chi connectivity index (χ4n) is 3.54. The Hall–Kier alpha value is 0.440. The van der Waals surface area contributed by atoms with Gasteiger partial charge < -0.3 is 0 Å². The van der Waals surface area contributed by atoms with Gasteiger partial charge in [-0.15, -0.1) is 0 Å². The van der Waals surface area contributed by atoms with Crippen molar-refractivity contribution in [2.75, 3.05) is 5.33 Å². The first kappa shape index (κ1) is 26.4. The molecule has 26 heavy (non-hydrogen) atoms. The number of alkyl halides is 1. The van der Waals surface area contributed by atoms with Crippen LogP contribution in [0.2, 0.25) is 0 Å². The Balaban J connectivity index is 2.98. The van der Waals surface area contributed by atoms with Crippen LogP contribution < -0.4 is 0 Å². The zero-order chi connectivity index (χ0) is 19.1. The van der Waals surface area contributed by atoms with Gasteiger partial charge in [-0.25, -0.2) is 0 Å². The first-order valence-corrected chi connectivity index (χ1v) is 13.0. The molecule has 0 atom stereocenters. The minimum atomic E-state index is -0.179. The Labute approximate surface area is 177 Å². The average Bonchev–Trinajstić information content (AvgIpc) is 2.62. The quantitative estimate of drug-likeness (QED) is 0.0909. The van der Waals surface area contributed by atoms with Crippen molar-refractivity contribution in [1.29, 1.82) is 0 Å². The lowest BCUT2D eigenvalue weighted by molar-refractivity contribution is -0.111. The van der Waals surface area contributed by atoms with Crippen molar-refractivity contribution in [3.63, 3.8) is 0 Å². The summed E-state index contributed by atoms with van der Waals surface area (Å²) in [5.41, 5.74) is 0. The highest BCUT2D eigenvalue weighted by molar-refractivity contribution is 9.09. The van der Waals surface area contributed by atoms with Crippen LogP contribution in [0.3, 0.4) is 0 Å². The first-order chi connectivity index (χ1) is 12.8. The van der Waals surface area contributed by atoms with Crippen molar-refractivity contribution in [2.45, 2.75) is 135 Å². The highest BCUT2D eigenvalue weighted by Crippen LogP contribution is 2.15. The van der Waals surface area contributed by atoms with Crippen LogP contribution in [-0.4, -0.2) is 10.6 Å². The molecule has 0 aromatic carbocycles. The van der Waals surface area contributed by atoms with Crippen molar-refractivity contribution in [1.82, 2.24) is 0 Å². The van der Waals surface area contributed by atoms with Crippen LogP contribution in [0.1, 0.15) is 135 Å². The molecule has 0 unspecified atom stereocenters. The number of halogens is 2. The van der Waals surface area contributed by atoms with Gasteiger partial charge in [-0.1, -0.05) is 132 Å². The monoisotopic (exact) mass is 450 g/mol. The molecule has 0 bridgehead atoms. The van der Waals surface area contributed by atoms with Crippen LogP contribution in [0.15, 0.2) is 0 Å². The molecule has 0 radical (unpaired) electrons. The van der Waals surface area contributed by atoms with E-state index in [-0.39, 0.29) is 5.24 Å². The fourth-order valence-corrected chi connectivity index (χ4v) is 4.07. The zero-order valence-corrected chi connectivity index (χ0v) is 19.6. The number of rotatable bonds is 22. The molecule has 0 N–H and O–H groups in total. The van der Waals surface area contributed by atoms with E-state index in [2.05, 4.69) is 15.9 Å². The van der Waals surface area contributed by atoms with Gasteiger partial charge in [0.1, 0.15) is 0 Å². The molecule has 0 rings (SSSR count). The third kappa shape index (κ3) is 24.4. The van der Waals surface area contributed by atoms with Gasteiger partial charge in [0.2, 0.25) is 5.24 Å². The van der Waals surface area contributed by atoms with Gasteiger partial charge in [0.05, 0.1) is 0 Å². The van der Waals surface area contributed by atoms with E-state index in [4.69, 9.17) is 11.6 Å². The Kier molecular flexibility index (Phi) is 23.9. The number of carbonyl (C=O) groups excluding carboxylic acids is 1. The van der Waals surface area contributed by atoms with E-state index in [1.807, 2.05) is 0 Å². The summed E-state index contributed by atoms with van der Waals surface area (Å²) in [6.45, 7) is 0. The largest absolute Gasteiger partial charge is 0.281 e. The topological polar surface area (TPSA) is 17.1 Å². The van der Waals surface area contributed by atoms with Crippen LogP contribution >= 0.6 is 27.5 Å². The summed E-state index contributed by atoms with van der Waals surface area (Å²) in [6.07, 6.45) is 28.1. The third-order valence-electron chi connectivity index (χ3n) is 5.26. The molecule has 0 aliphatic heterocycles. The molecule has 156 valence electrons. The van der Waals surface area contributed by atoms with Gasteiger partial charge >= 0.3 is 0 Å². The predicted octanol–water partition coefficient (Wildman–Crippen LogP) is 9.34. The first-order valence-electron chi connectivity index (χ1n) is 11.5. The minimum absolute atomic E-state index is 0.179. The molecular weight excluding hydrogens is 408 g/mol. The lowest BCUT2D eigenvalue weighted by Gasteiger charge is -2.04. The van der Waals surface area contributed by atoms with Crippen molar-refractivity contribution < 1.29 is 4.79 Å². The molecule has 0 aliphatic rings. The molecule has 0 spiro atoms. The molecule has 0 amide bonds. The molecular formula is C23H44BrClO. The Morgan fingerprint density at radius 3 is 0.923 bits per heavy atom. The molecule has 0 saturated heterocycles. The molecule has 3 heteroatoms. The summed E-state index contributed by atoms with van der Waals surface area (Å²) in [6, 6.07) is 0. The van der Waals surface area contributed by atoms with E-state index in [0.717, 1.165) is 12.8 Å². The smallest absolute Gasteiger partial charge is 0.221 e. The second kappa shape index (κ2) is 23.5. The Morgan fingerprint density at radius 2 is 0.692 bits per heavy atom. The minimum Gasteiger partial charge on any atom is -0.281 e. The molecule has 1 nitrogen and oxygen atoms in total. The van der Waals surface area contributed by atoms with Crippen LogP contribution in [0.25, 0.3) is 0 Å². The molecule has 0 aliphatic carbocycles. The van der Waals surface area contributed by atoms with Crippen molar-refractivity contribution >= 4 is 32.8 Å². The third-order valence-corrected chi connectivity index (χ3v) is 6.01. The van der Waals surface area contributed by atoms with E-state index in [0.29, 0.717) is 6.42 Å². The molecule has 0 heterocycles. The predicted molar refractivity (Wildman–Crippen MR) is 122 cm³/mol. The standard InChI is InChI=1S/C23H44BrClO/c24-22-20-18-16-14-12-10-8-6-4-2-1-3-5-7-9-11-13-15-17-19-21-23(25)26/h1-22H2. The van der Waals surface area contributed by atoms with Crippen LogP contribution in [-0.2, 0) is 4.79 Å². The van der Waals surface area contributed by atoms with Gasteiger partial charge in [0.25, 0.3) is 0 Å². The number of unbranched alkanes of at least 4 members (excludes halogenated alkanes) is 19. The highest BCUT2D eigenvalue weighted by atomic mass is 79.9. The van der Waals surface area contributed by atoms with Crippen LogP contribution in [0.4, 0.5) is 0 Å². The summed E-state index contributed by atoms with van der Waals surface area (Å²) in [5.74, 6) is 0. The van der Waals surface area contributed by atoms with E-state index in [9.17, 15) is 4.79 Å². The van der Waals surface area contributed by atoms with Crippen molar-refractivity contribution in [2.24, 2.45) is 0 Å². The second-order valence-electron chi connectivity index (χ2n) is 7.87. The average molecular weight is 452 g/mol. The fraction of sp³-hybridized carbons (Fsp3) is 0.957. The summed E-state index contributed by atoms with van der Waals surface area (Å²) < 4.78 is 0. The summed E-state index contributed by atoms with van der Waals surface area (Å²) in [7, 11) is 0. The van der Waals surface area contributed by atoms with Crippen LogP contribution in [0.5, 0.6) is 0 Å². The molecule has 0 saturated carbocycles. The van der Waals surface area contributed by atoms with E-state index >= 15 is 0 Å². The number of hydrogen-bond acceptors (Lipinski definition) is 1. The van der Waals surface area contributed by atoms with Crippen LogP contribution in [0, 0.1) is 0 Å². The van der Waals surface area contributed by atoms with E-state index in [1.54, 1.807) is 0 Å². The van der Waals surface area contributed by atoms with E-state index in [1.165, 1.54) is 121 Å². The highest BCUT2D eigenvalue weighted by Gasteiger charge is 1.97. The maximum Gasteiger partial charge on any atom is 0.221 e. The zero-order valence-electron chi connectivity index (χ0n) is 17.2.